The van der Waals surface area contributed by atoms with Crippen LogP contribution in [0.2, 0.25) is 0 Å². The Hall–Kier alpha value is -0.180. The van der Waals surface area contributed by atoms with E-state index in [0.29, 0.717) is 6.42 Å². The van der Waals surface area contributed by atoms with Gasteiger partial charge in [-0.25, -0.2) is 0 Å². The van der Waals surface area contributed by atoms with Crippen LogP contribution in [0.25, 0.3) is 0 Å². The van der Waals surface area contributed by atoms with Gasteiger partial charge in [-0.15, -0.1) is 0 Å². The second kappa shape index (κ2) is 16.0. The van der Waals surface area contributed by atoms with Crippen LogP contribution in [0.3, 0.4) is 0 Å². The Morgan fingerprint density at radius 3 is 1.64 bits per heavy atom. The summed E-state index contributed by atoms with van der Waals surface area (Å²) in [6.07, 6.45) is 22.6. The lowest BCUT2D eigenvalue weighted by Gasteiger charge is -2.02. The van der Waals surface area contributed by atoms with Crippen molar-refractivity contribution < 1.29 is 9.53 Å². The predicted octanol–water partition coefficient (Wildman–Crippen LogP) is 7.30. The van der Waals surface area contributed by atoms with E-state index in [2.05, 4.69) is 23.4 Å². The zero-order valence-electron chi connectivity index (χ0n) is 16.9. The third-order valence-corrected chi connectivity index (χ3v) is 6.89. The predicted molar refractivity (Wildman–Crippen MR) is 111 cm³/mol. The molecule has 0 radical (unpaired) electrons. The largest absolute Gasteiger partial charge is 0.469 e. The minimum atomic E-state index is -0.0621. The fourth-order valence-corrected chi connectivity index (χ4v) is 4.83. The molecule has 2 unspecified atom stereocenters. The molecule has 0 aromatic rings. The average molecular weight is 371 g/mol. The Kier molecular flexibility index (Phi) is 14.7. The number of rotatable bonds is 18. The van der Waals surface area contributed by atoms with Gasteiger partial charge in [0.2, 0.25) is 0 Å². The minimum absolute atomic E-state index is 0.0621. The molecule has 0 saturated carbocycles. The summed E-state index contributed by atoms with van der Waals surface area (Å²) in [5, 5.41) is 2.01. The lowest BCUT2D eigenvalue weighted by atomic mass is 10.0. The molecule has 1 fully saturated rings. The van der Waals surface area contributed by atoms with E-state index in [1.165, 1.54) is 103 Å². The fourth-order valence-electron chi connectivity index (χ4n) is 3.59. The highest BCUT2D eigenvalue weighted by molar-refractivity contribution is 8.07. The smallest absolute Gasteiger partial charge is 0.305 e. The quantitative estimate of drug-likeness (QED) is 0.144. The number of unbranched alkanes of at least 4 members (excludes halogenated alkanes) is 12. The van der Waals surface area contributed by atoms with Gasteiger partial charge in [-0.3, -0.25) is 4.79 Å². The summed E-state index contributed by atoms with van der Waals surface area (Å²) in [4.78, 5) is 11.0. The van der Waals surface area contributed by atoms with E-state index in [4.69, 9.17) is 0 Å². The van der Waals surface area contributed by atoms with Crippen molar-refractivity contribution in [2.75, 3.05) is 7.11 Å². The second-order valence-corrected chi connectivity index (χ2v) is 9.20. The van der Waals surface area contributed by atoms with E-state index in [0.717, 1.165) is 16.9 Å². The van der Waals surface area contributed by atoms with E-state index < -0.39 is 0 Å². The first-order valence-electron chi connectivity index (χ1n) is 11.0. The third-order valence-electron chi connectivity index (χ3n) is 5.38. The molecule has 0 spiro atoms. The Balaban J connectivity index is 1.74. The van der Waals surface area contributed by atoms with Gasteiger partial charge in [0.05, 0.1) is 7.11 Å². The molecule has 0 aromatic carbocycles. The van der Waals surface area contributed by atoms with Crippen molar-refractivity contribution in [3.05, 3.63) is 0 Å². The van der Waals surface area contributed by atoms with Crippen molar-refractivity contribution in [1.29, 1.82) is 0 Å². The van der Waals surface area contributed by atoms with E-state index in [1.807, 2.05) is 0 Å². The fraction of sp³-hybridized carbons (Fsp3) is 0.955. The molecule has 3 heteroatoms. The molecule has 2 nitrogen and oxygen atoms in total. The standard InChI is InChI=1S/C22H42O2S/c1-3-4-5-6-8-11-14-17-20-21(25-20)18-15-12-9-7-10-13-16-19-22(23)24-2/h20-21H,3-19H2,1-2H3. The van der Waals surface area contributed by atoms with Crippen LogP contribution in [0, 0.1) is 0 Å². The van der Waals surface area contributed by atoms with Gasteiger partial charge in [0.25, 0.3) is 0 Å². The van der Waals surface area contributed by atoms with E-state index >= 15 is 0 Å². The Labute approximate surface area is 161 Å². The highest BCUT2D eigenvalue weighted by Gasteiger charge is 2.36. The number of carbonyl (C=O) groups excluding carboxylic acids is 1. The second-order valence-electron chi connectivity index (χ2n) is 7.71. The van der Waals surface area contributed by atoms with Crippen molar-refractivity contribution in [2.45, 2.75) is 127 Å². The number of hydrogen-bond donors (Lipinski definition) is 0. The molecule has 0 N–H and O–H groups in total. The average Bonchev–Trinajstić information content (AvgIpc) is 3.37. The summed E-state index contributed by atoms with van der Waals surface area (Å²) in [6.45, 7) is 2.29. The maximum absolute atomic E-state index is 11.0. The zero-order chi connectivity index (χ0) is 18.2. The zero-order valence-corrected chi connectivity index (χ0v) is 17.7. The summed E-state index contributed by atoms with van der Waals surface area (Å²) < 4.78 is 4.66. The van der Waals surface area contributed by atoms with Crippen LogP contribution < -0.4 is 0 Å². The van der Waals surface area contributed by atoms with Crippen LogP contribution in [0.1, 0.15) is 116 Å². The van der Waals surface area contributed by atoms with Gasteiger partial charge in [-0.2, -0.15) is 11.8 Å². The molecule has 0 aliphatic carbocycles. The number of esters is 1. The van der Waals surface area contributed by atoms with Crippen molar-refractivity contribution >= 4 is 17.7 Å². The van der Waals surface area contributed by atoms with Gasteiger partial charge in [0.15, 0.2) is 0 Å². The SMILES string of the molecule is CCCCCCCCCC1SC1CCCCCCCCCC(=O)OC. The van der Waals surface area contributed by atoms with Crippen molar-refractivity contribution in [1.82, 2.24) is 0 Å². The first-order valence-corrected chi connectivity index (χ1v) is 11.9. The summed E-state index contributed by atoms with van der Waals surface area (Å²) in [6, 6.07) is 0. The summed E-state index contributed by atoms with van der Waals surface area (Å²) in [5.41, 5.74) is 0. The molecule has 1 aliphatic rings. The molecule has 1 aliphatic heterocycles. The molecule has 25 heavy (non-hydrogen) atoms. The van der Waals surface area contributed by atoms with Gasteiger partial charge < -0.3 is 4.74 Å². The van der Waals surface area contributed by atoms with Crippen LogP contribution in [0.4, 0.5) is 0 Å². The first-order chi connectivity index (χ1) is 12.3. The van der Waals surface area contributed by atoms with Gasteiger partial charge in [-0.05, 0) is 19.3 Å². The molecule has 0 aromatic heterocycles. The van der Waals surface area contributed by atoms with Crippen molar-refractivity contribution in [3.63, 3.8) is 0 Å². The van der Waals surface area contributed by atoms with Gasteiger partial charge >= 0.3 is 5.97 Å². The van der Waals surface area contributed by atoms with Crippen LogP contribution in [0.5, 0.6) is 0 Å². The molecule has 1 heterocycles. The molecule has 0 amide bonds. The van der Waals surface area contributed by atoms with Gasteiger partial charge in [0, 0.05) is 16.9 Å². The molecule has 1 rings (SSSR count). The Morgan fingerprint density at radius 2 is 1.16 bits per heavy atom. The van der Waals surface area contributed by atoms with Crippen LogP contribution in [-0.2, 0) is 9.53 Å². The highest BCUT2D eigenvalue weighted by atomic mass is 32.2. The minimum Gasteiger partial charge on any atom is -0.469 e. The molecule has 2 atom stereocenters. The summed E-state index contributed by atoms with van der Waals surface area (Å²) in [5.74, 6) is -0.0621. The van der Waals surface area contributed by atoms with Crippen molar-refractivity contribution in [3.8, 4) is 0 Å². The lowest BCUT2D eigenvalue weighted by Crippen LogP contribution is -1.99. The maximum atomic E-state index is 11.0. The van der Waals surface area contributed by atoms with E-state index in [1.54, 1.807) is 0 Å². The van der Waals surface area contributed by atoms with Gasteiger partial charge in [-0.1, -0.05) is 90.4 Å². The van der Waals surface area contributed by atoms with Crippen LogP contribution in [-0.4, -0.2) is 23.6 Å². The number of ether oxygens (including phenoxy) is 1. The third kappa shape index (κ3) is 13.7. The summed E-state index contributed by atoms with van der Waals surface area (Å²) >= 11 is 2.24. The number of methoxy groups -OCH3 is 1. The molecular formula is C22H42O2S. The highest BCUT2D eigenvalue weighted by Crippen LogP contribution is 2.47. The number of carbonyl (C=O) groups is 1. The molecule has 0 bridgehead atoms. The monoisotopic (exact) mass is 370 g/mol. The van der Waals surface area contributed by atoms with Crippen LogP contribution in [0.15, 0.2) is 0 Å². The van der Waals surface area contributed by atoms with Gasteiger partial charge in [0.1, 0.15) is 0 Å². The summed E-state index contributed by atoms with van der Waals surface area (Å²) in [7, 11) is 1.47. The Morgan fingerprint density at radius 1 is 0.720 bits per heavy atom. The first kappa shape index (κ1) is 22.9. The van der Waals surface area contributed by atoms with Crippen molar-refractivity contribution in [2.24, 2.45) is 0 Å². The lowest BCUT2D eigenvalue weighted by molar-refractivity contribution is -0.140. The van der Waals surface area contributed by atoms with E-state index in [-0.39, 0.29) is 5.97 Å². The number of hydrogen-bond acceptors (Lipinski definition) is 3. The maximum Gasteiger partial charge on any atom is 0.305 e. The van der Waals surface area contributed by atoms with Crippen LogP contribution >= 0.6 is 11.8 Å². The molecule has 1 saturated heterocycles. The topological polar surface area (TPSA) is 26.3 Å². The molecule has 148 valence electrons. The normalized spacial score (nSPS) is 19.1. The Bertz CT molecular complexity index is 319. The van der Waals surface area contributed by atoms with E-state index in [9.17, 15) is 4.79 Å². The number of thioether (sulfide) groups is 1. The molecular weight excluding hydrogens is 328 g/mol.